The second-order valence-electron chi connectivity index (χ2n) is 4.05. The van der Waals surface area contributed by atoms with Gasteiger partial charge in [0.15, 0.2) is 5.76 Å². The van der Waals surface area contributed by atoms with Crippen molar-refractivity contribution in [3.05, 3.63) is 23.2 Å². The van der Waals surface area contributed by atoms with Gasteiger partial charge in [-0.1, -0.05) is 5.57 Å². The normalized spacial score (nSPS) is 20.8. The molecule has 14 heavy (non-hydrogen) atoms. The average Bonchev–Trinajstić information content (AvgIpc) is 2.25. The first-order valence-electron chi connectivity index (χ1n) is 4.91. The second-order valence-corrected chi connectivity index (χ2v) is 4.05. The van der Waals surface area contributed by atoms with Crippen LogP contribution in [0.5, 0.6) is 0 Å². The minimum atomic E-state index is -0.529. The summed E-state index contributed by atoms with van der Waals surface area (Å²) < 4.78 is 11.1. The lowest BCUT2D eigenvalue weighted by Gasteiger charge is -2.18. The summed E-state index contributed by atoms with van der Waals surface area (Å²) in [5, 5.41) is 0. The van der Waals surface area contributed by atoms with Crippen LogP contribution in [-0.4, -0.2) is 12.3 Å². The third kappa shape index (κ3) is 2.77. The molecule has 0 atom stereocenters. The van der Waals surface area contributed by atoms with Gasteiger partial charge >= 0.3 is 0 Å². The van der Waals surface area contributed by atoms with Crippen molar-refractivity contribution in [3.63, 3.8) is 0 Å². The van der Waals surface area contributed by atoms with Gasteiger partial charge in [0, 0.05) is 13.8 Å². The third-order valence-electron chi connectivity index (χ3n) is 2.02. The molecule has 0 bridgehead atoms. The van der Waals surface area contributed by atoms with Crippen molar-refractivity contribution >= 4 is 0 Å². The maximum Gasteiger partial charge on any atom is 0.245 e. The standard InChI is InChI=1S/C11H19NO2/c1-8(5-6-12)7-10-9(2)13-11(3,4)14-10/h7H,5-6,12H2,1-4H3/b8-7+. The van der Waals surface area contributed by atoms with Gasteiger partial charge in [-0.3, -0.25) is 0 Å². The Morgan fingerprint density at radius 3 is 2.50 bits per heavy atom. The number of ether oxygens (including phenoxy) is 2. The smallest absolute Gasteiger partial charge is 0.245 e. The topological polar surface area (TPSA) is 44.5 Å². The molecule has 1 aliphatic heterocycles. The SMILES string of the molecule is CC1=C(/C=C(\C)CCN)OC(C)(C)O1. The van der Waals surface area contributed by atoms with E-state index in [0.29, 0.717) is 6.54 Å². The monoisotopic (exact) mass is 197 g/mol. The number of hydrogen-bond donors (Lipinski definition) is 1. The van der Waals surface area contributed by atoms with Crippen LogP contribution < -0.4 is 5.73 Å². The highest BCUT2D eigenvalue weighted by Gasteiger charge is 2.30. The largest absolute Gasteiger partial charge is 0.454 e. The fourth-order valence-corrected chi connectivity index (χ4v) is 1.43. The summed E-state index contributed by atoms with van der Waals surface area (Å²) in [6, 6.07) is 0. The van der Waals surface area contributed by atoms with Crippen molar-refractivity contribution in [1.82, 2.24) is 0 Å². The summed E-state index contributed by atoms with van der Waals surface area (Å²) in [6.45, 7) is 8.42. The van der Waals surface area contributed by atoms with E-state index in [1.807, 2.05) is 33.8 Å². The van der Waals surface area contributed by atoms with E-state index in [1.54, 1.807) is 0 Å². The van der Waals surface area contributed by atoms with Gasteiger partial charge in [-0.15, -0.1) is 0 Å². The van der Waals surface area contributed by atoms with E-state index in [-0.39, 0.29) is 0 Å². The van der Waals surface area contributed by atoms with Crippen LogP contribution in [-0.2, 0) is 9.47 Å². The predicted molar refractivity (Wildman–Crippen MR) is 56.4 cm³/mol. The zero-order valence-electron chi connectivity index (χ0n) is 9.39. The Balaban J connectivity index is 2.71. The first-order valence-corrected chi connectivity index (χ1v) is 4.91. The van der Waals surface area contributed by atoms with Crippen molar-refractivity contribution in [1.29, 1.82) is 0 Å². The van der Waals surface area contributed by atoms with Crippen molar-refractivity contribution in [2.45, 2.75) is 39.9 Å². The van der Waals surface area contributed by atoms with Crippen LogP contribution in [0.15, 0.2) is 23.2 Å². The predicted octanol–water partition coefficient (Wildman–Crippen LogP) is 2.30. The quantitative estimate of drug-likeness (QED) is 0.755. The molecule has 0 aromatic heterocycles. The van der Waals surface area contributed by atoms with Crippen LogP contribution in [0.4, 0.5) is 0 Å². The number of rotatable bonds is 3. The molecule has 0 radical (unpaired) electrons. The van der Waals surface area contributed by atoms with E-state index in [0.717, 1.165) is 17.9 Å². The van der Waals surface area contributed by atoms with Crippen LogP contribution in [0.3, 0.4) is 0 Å². The van der Waals surface area contributed by atoms with Gasteiger partial charge in [0.25, 0.3) is 0 Å². The van der Waals surface area contributed by atoms with Crippen LogP contribution in [0.25, 0.3) is 0 Å². The fourth-order valence-electron chi connectivity index (χ4n) is 1.43. The molecule has 0 amide bonds. The molecule has 0 aromatic carbocycles. The first-order chi connectivity index (χ1) is 6.44. The second kappa shape index (κ2) is 4.05. The average molecular weight is 197 g/mol. The van der Waals surface area contributed by atoms with Gasteiger partial charge < -0.3 is 15.2 Å². The first kappa shape index (κ1) is 11.1. The van der Waals surface area contributed by atoms with Crippen LogP contribution in [0, 0.1) is 0 Å². The van der Waals surface area contributed by atoms with Gasteiger partial charge in [-0.2, -0.15) is 0 Å². The number of hydrogen-bond acceptors (Lipinski definition) is 3. The van der Waals surface area contributed by atoms with Crippen LogP contribution in [0.2, 0.25) is 0 Å². The maximum atomic E-state index is 5.62. The molecule has 0 unspecified atom stereocenters. The molecule has 1 heterocycles. The van der Waals surface area contributed by atoms with Gasteiger partial charge in [-0.05, 0) is 32.9 Å². The van der Waals surface area contributed by atoms with E-state index in [9.17, 15) is 0 Å². The molecule has 0 fully saturated rings. The van der Waals surface area contributed by atoms with Gasteiger partial charge in [0.1, 0.15) is 5.76 Å². The van der Waals surface area contributed by atoms with Crippen LogP contribution >= 0.6 is 0 Å². The van der Waals surface area contributed by atoms with E-state index in [1.165, 1.54) is 5.57 Å². The van der Waals surface area contributed by atoms with E-state index < -0.39 is 5.79 Å². The maximum absolute atomic E-state index is 5.62. The Labute approximate surface area is 85.6 Å². The molecule has 0 aromatic rings. The molecule has 3 nitrogen and oxygen atoms in total. The molecule has 0 saturated heterocycles. The molecule has 80 valence electrons. The zero-order valence-corrected chi connectivity index (χ0v) is 9.39. The van der Waals surface area contributed by atoms with Crippen molar-refractivity contribution < 1.29 is 9.47 Å². The summed E-state index contributed by atoms with van der Waals surface area (Å²) in [5.41, 5.74) is 6.67. The van der Waals surface area contributed by atoms with Crippen molar-refractivity contribution in [3.8, 4) is 0 Å². The molecule has 1 rings (SSSR count). The molecule has 0 spiro atoms. The lowest BCUT2D eigenvalue weighted by molar-refractivity contribution is -0.120. The van der Waals surface area contributed by atoms with E-state index >= 15 is 0 Å². The van der Waals surface area contributed by atoms with E-state index in [4.69, 9.17) is 15.2 Å². The molecule has 1 aliphatic rings. The molecule has 0 aliphatic carbocycles. The summed E-state index contributed by atoms with van der Waals surface area (Å²) in [5.74, 6) is 1.13. The Hall–Kier alpha value is -0.960. The Morgan fingerprint density at radius 2 is 2.07 bits per heavy atom. The Bertz CT molecular complexity index is 277. The Kier molecular flexibility index (Phi) is 3.21. The summed E-state index contributed by atoms with van der Waals surface area (Å²) in [4.78, 5) is 0. The highest BCUT2D eigenvalue weighted by Crippen LogP contribution is 2.31. The van der Waals surface area contributed by atoms with Crippen LogP contribution in [0.1, 0.15) is 34.1 Å². The molecule has 0 saturated carbocycles. The molecular weight excluding hydrogens is 178 g/mol. The van der Waals surface area contributed by atoms with Gasteiger partial charge in [0.2, 0.25) is 5.79 Å². The molecule has 3 heteroatoms. The van der Waals surface area contributed by atoms with Crippen molar-refractivity contribution in [2.75, 3.05) is 6.54 Å². The summed E-state index contributed by atoms with van der Waals surface area (Å²) in [6.07, 6.45) is 2.89. The fraction of sp³-hybridized carbons (Fsp3) is 0.636. The minimum absolute atomic E-state index is 0.529. The minimum Gasteiger partial charge on any atom is -0.454 e. The Morgan fingerprint density at radius 1 is 1.43 bits per heavy atom. The molecule has 2 N–H and O–H groups in total. The van der Waals surface area contributed by atoms with Gasteiger partial charge in [0.05, 0.1) is 0 Å². The number of allylic oxidation sites excluding steroid dienone is 2. The third-order valence-corrected chi connectivity index (χ3v) is 2.02. The highest BCUT2D eigenvalue weighted by molar-refractivity contribution is 5.22. The highest BCUT2D eigenvalue weighted by atomic mass is 16.7. The summed E-state index contributed by atoms with van der Waals surface area (Å²) >= 11 is 0. The lowest BCUT2D eigenvalue weighted by Crippen LogP contribution is -2.20. The van der Waals surface area contributed by atoms with Gasteiger partial charge in [-0.25, -0.2) is 0 Å². The van der Waals surface area contributed by atoms with E-state index in [2.05, 4.69) is 0 Å². The molecular formula is C11H19NO2. The summed E-state index contributed by atoms with van der Waals surface area (Å²) in [7, 11) is 0. The lowest BCUT2D eigenvalue weighted by atomic mass is 10.2. The zero-order chi connectivity index (χ0) is 10.8. The van der Waals surface area contributed by atoms with Crippen molar-refractivity contribution in [2.24, 2.45) is 5.73 Å². The number of nitrogens with two attached hydrogens (primary N) is 1.